The van der Waals surface area contributed by atoms with Crippen LogP contribution in [-0.2, 0) is 9.53 Å². The molecule has 2 atom stereocenters. The summed E-state index contributed by atoms with van der Waals surface area (Å²) in [6.45, 7) is 4.66. The number of carbonyl (C=O) groups is 2. The highest BCUT2D eigenvalue weighted by molar-refractivity contribution is 5.95. The minimum atomic E-state index is -1.11. The van der Waals surface area contributed by atoms with Gasteiger partial charge in [0.05, 0.1) is 31.5 Å². The monoisotopic (exact) mass is 526 g/mol. The van der Waals surface area contributed by atoms with Crippen LogP contribution in [0.25, 0.3) is 0 Å². The first-order valence-corrected chi connectivity index (χ1v) is 12.0. The molecule has 0 spiro atoms. The molecule has 0 radical (unpaired) electrons. The first-order chi connectivity index (χ1) is 18.4. The van der Waals surface area contributed by atoms with Gasteiger partial charge in [-0.1, -0.05) is 6.07 Å². The summed E-state index contributed by atoms with van der Waals surface area (Å²) >= 11 is 0. The highest BCUT2D eigenvalue weighted by Crippen LogP contribution is 2.35. The van der Waals surface area contributed by atoms with Crippen LogP contribution < -0.4 is 35.0 Å². The van der Waals surface area contributed by atoms with Crippen LogP contribution in [0.4, 0.5) is 4.79 Å². The van der Waals surface area contributed by atoms with Crippen molar-refractivity contribution in [2.24, 2.45) is 5.10 Å². The van der Waals surface area contributed by atoms with E-state index in [1.807, 2.05) is 13.0 Å². The molecule has 2 aromatic rings. The lowest BCUT2D eigenvalue weighted by molar-refractivity contribution is -0.136. The molecule has 38 heavy (non-hydrogen) atoms. The highest BCUT2D eigenvalue weighted by Gasteiger charge is 2.32. The molecule has 202 valence electrons. The number of nitrogens with one attached hydrogen (secondary N) is 3. The number of methoxy groups -OCH3 is 1. The van der Waals surface area contributed by atoms with Crippen molar-refractivity contribution in [3.8, 4) is 23.0 Å². The predicted octanol–water partition coefficient (Wildman–Crippen LogP) is 1.98. The lowest BCUT2D eigenvalue weighted by Gasteiger charge is -2.28. The number of urea groups is 1. The largest absolute Gasteiger partial charge is 0.490 e. The number of benzene rings is 2. The molecular weight excluding hydrogens is 496 g/mol. The average molecular weight is 527 g/mol. The Morgan fingerprint density at radius 3 is 2.74 bits per heavy atom. The third kappa shape index (κ3) is 6.27. The third-order valence-corrected chi connectivity index (χ3v) is 5.68. The zero-order valence-electron chi connectivity index (χ0n) is 21.3. The number of esters is 1. The molecule has 2 aliphatic heterocycles. The Kier molecular flexibility index (Phi) is 8.54. The molecule has 0 aliphatic carbocycles. The molecule has 0 fully saturated rings. The van der Waals surface area contributed by atoms with Crippen molar-refractivity contribution in [2.75, 3.05) is 33.5 Å². The molecule has 2 amide bonds. The topological polar surface area (TPSA) is 149 Å². The lowest BCUT2D eigenvalue weighted by atomic mass is 9.95. The van der Waals surface area contributed by atoms with Gasteiger partial charge in [0.15, 0.2) is 29.2 Å². The minimum Gasteiger partial charge on any atom is -0.490 e. The van der Waals surface area contributed by atoms with E-state index in [9.17, 15) is 14.7 Å². The van der Waals surface area contributed by atoms with Crippen LogP contribution in [0.3, 0.4) is 0 Å². The average Bonchev–Trinajstić information content (AvgIpc) is 2.91. The number of hydrazone groups is 1. The van der Waals surface area contributed by atoms with Gasteiger partial charge in [-0.3, -0.25) is 5.43 Å². The van der Waals surface area contributed by atoms with Crippen LogP contribution in [0.1, 0.15) is 31.0 Å². The van der Waals surface area contributed by atoms with E-state index in [1.165, 1.54) is 7.11 Å². The van der Waals surface area contributed by atoms with Gasteiger partial charge in [-0.05, 0) is 55.3 Å². The van der Waals surface area contributed by atoms with E-state index in [4.69, 9.17) is 23.7 Å². The Hall–Kier alpha value is -4.45. The highest BCUT2D eigenvalue weighted by atomic mass is 16.6. The molecule has 12 heteroatoms. The molecule has 2 aromatic carbocycles. The first kappa shape index (κ1) is 26.6. The minimum absolute atomic E-state index is 0.131. The standard InChI is InChI=1S/C26H30N4O8/c1-4-35-21-12-17(24-23(25(32)34-3)15(2)28-26(33)29-24)6-8-19(21)38-14-22(31)30-27-13-16-5-7-18-20(11-16)37-10-9-36-18/h5-8,11-13,22,24,30-31H,4,9-10,14H2,1-3H3,(H2,28,29,33)/b27-13+/t22-,24+/m0/s1. The lowest BCUT2D eigenvalue weighted by Crippen LogP contribution is -2.45. The van der Waals surface area contributed by atoms with Gasteiger partial charge in [-0.2, -0.15) is 5.10 Å². The van der Waals surface area contributed by atoms with Crippen LogP contribution in [0, 0.1) is 0 Å². The fourth-order valence-electron chi connectivity index (χ4n) is 3.96. The Bertz CT molecular complexity index is 1250. The number of rotatable bonds is 10. The fourth-order valence-corrected chi connectivity index (χ4v) is 3.96. The van der Waals surface area contributed by atoms with E-state index < -0.39 is 24.3 Å². The van der Waals surface area contributed by atoms with Crippen molar-refractivity contribution in [2.45, 2.75) is 26.1 Å². The number of ether oxygens (including phenoxy) is 5. The van der Waals surface area contributed by atoms with Crippen LogP contribution in [-0.4, -0.2) is 63.1 Å². The molecule has 4 rings (SSSR count). The molecule has 2 heterocycles. The van der Waals surface area contributed by atoms with Gasteiger partial charge < -0.3 is 39.4 Å². The number of allylic oxidation sites excluding steroid dienone is 1. The zero-order valence-corrected chi connectivity index (χ0v) is 21.3. The molecule has 4 N–H and O–H groups in total. The second kappa shape index (κ2) is 12.2. The van der Waals surface area contributed by atoms with Crippen molar-refractivity contribution in [3.05, 3.63) is 58.8 Å². The first-order valence-electron chi connectivity index (χ1n) is 12.0. The quantitative estimate of drug-likeness (QED) is 0.158. The van der Waals surface area contributed by atoms with Crippen LogP contribution in [0.5, 0.6) is 23.0 Å². The Morgan fingerprint density at radius 1 is 1.18 bits per heavy atom. The molecule has 12 nitrogen and oxygen atoms in total. The van der Waals surface area contributed by atoms with Crippen LogP contribution in [0.15, 0.2) is 52.8 Å². The summed E-state index contributed by atoms with van der Waals surface area (Å²) in [5, 5.41) is 19.7. The van der Waals surface area contributed by atoms with E-state index in [-0.39, 0.29) is 12.2 Å². The van der Waals surface area contributed by atoms with E-state index in [0.29, 0.717) is 54.1 Å². The van der Waals surface area contributed by atoms with Crippen molar-refractivity contribution in [3.63, 3.8) is 0 Å². The third-order valence-electron chi connectivity index (χ3n) is 5.68. The van der Waals surface area contributed by atoms with Crippen molar-refractivity contribution in [1.29, 1.82) is 0 Å². The molecule has 0 bridgehead atoms. The summed E-state index contributed by atoms with van der Waals surface area (Å²) in [5.41, 5.74) is 4.64. The van der Waals surface area contributed by atoms with Crippen LogP contribution in [0.2, 0.25) is 0 Å². The molecule has 0 saturated heterocycles. The number of hydrogen-bond donors (Lipinski definition) is 4. The molecule has 0 aromatic heterocycles. The van der Waals surface area contributed by atoms with Gasteiger partial charge in [-0.25, -0.2) is 9.59 Å². The number of hydrogen-bond acceptors (Lipinski definition) is 10. The van der Waals surface area contributed by atoms with E-state index >= 15 is 0 Å². The zero-order chi connectivity index (χ0) is 27.1. The van der Waals surface area contributed by atoms with E-state index in [1.54, 1.807) is 43.5 Å². The van der Waals surface area contributed by atoms with Crippen molar-refractivity contribution in [1.82, 2.24) is 16.1 Å². The van der Waals surface area contributed by atoms with Gasteiger partial charge in [0.2, 0.25) is 0 Å². The molecular formula is C26H30N4O8. The maximum absolute atomic E-state index is 12.4. The summed E-state index contributed by atoms with van der Waals surface area (Å²) < 4.78 is 27.4. The number of nitrogens with zero attached hydrogens (tertiary/aromatic N) is 1. The summed E-state index contributed by atoms with van der Waals surface area (Å²) in [6, 6.07) is 9.25. The number of carbonyl (C=O) groups excluding carboxylic acids is 2. The predicted molar refractivity (Wildman–Crippen MR) is 136 cm³/mol. The van der Waals surface area contributed by atoms with Crippen molar-refractivity contribution < 1.29 is 38.4 Å². The van der Waals surface area contributed by atoms with Gasteiger partial charge in [0.1, 0.15) is 19.8 Å². The maximum atomic E-state index is 12.4. The SMILES string of the molecule is CCOc1cc([C@H]2NC(=O)NC(C)=C2C(=O)OC)ccc1OC[C@H](O)N/N=C/c1ccc2c(c1)OCCO2. The Labute approximate surface area is 219 Å². The second-order valence-electron chi connectivity index (χ2n) is 8.32. The van der Waals surface area contributed by atoms with Gasteiger partial charge >= 0.3 is 12.0 Å². The number of fused-ring (bicyclic) bond motifs is 1. The maximum Gasteiger partial charge on any atom is 0.337 e. The smallest absolute Gasteiger partial charge is 0.337 e. The number of aliphatic hydroxyl groups excluding tert-OH is 1. The van der Waals surface area contributed by atoms with Crippen molar-refractivity contribution >= 4 is 18.2 Å². The van der Waals surface area contributed by atoms with Crippen LogP contribution >= 0.6 is 0 Å². The summed E-state index contributed by atoms with van der Waals surface area (Å²) in [7, 11) is 1.28. The van der Waals surface area contributed by atoms with Gasteiger partial charge in [-0.15, -0.1) is 0 Å². The van der Waals surface area contributed by atoms with E-state index in [2.05, 4.69) is 21.2 Å². The molecule has 2 aliphatic rings. The fraction of sp³-hybridized carbons (Fsp3) is 0.346. The summed E-state index contributed by atoms with van der Waals surface area (Å²) in [4.78, 5) is 24.5. The summed E-state index contributed by atoms with van der Waals surface area (Å²) in [5.74, 6) is 1.51. The van der Waals surface area contributed by atoms with E-state index in [0.717, 1.165) is 5.56 Å². The second-order valence-corrected chi connectivity index (χ2v) is 8.32. The molecule has 0 saturated carbocycles. The number of aliphatic hydroxyl groups is 1. The number of amides is 2. The normalized spacial score (nSPS) is 17.4. The van der Waals surface area contributed by atoms with Gasteiger partial charge in [0, 0.05) is 5.70 Å². The Morgan fingerprint density at radius 2 is 1.97 bits per heavy atom. The Balaban J connectivity index is 1.41. The summed E-state index contributed by atoms with van der Waals surface area (Å²) in [6.07, 6.45) is 0.432. The van der Waals surface area contributed by atoms with Gasteiger partial charge in [0.25, 0.3) is 0 Å². The molecule has 0 unspecified atom stereocenters.